The second kappa shape index (κ2) is 2.76. The van der Waals surface area contributed by atoms with Gasteiger partial charge in [-0.2, -0.15) is 0 Å². The van der Waals surface area contributed by atoms with Gasteiger partial charge in [-0.15, -0.1) is 0 Å². The summed E-state index contributed by atoms with van der Waals surface area (Å²) in [6.45, 7) is 4.30. The van der Waals surface area contributed by atoms with E-state index in [9.17, 15) is 0 Å². The molecule has 2 aliphatic rings. The molecule has 2 atom stereocenters. The molecular formula is C9H17NO. The summed E-state index contributed by atoms with van der Waals surface area (Å²) < 4.78 is 5.83. The highest BCUT2D eigenvalue weighted by Crippen LogP contribution is 2.32. The molecule has 0 aliphatic carbocycles. The molecule has 0 bridgehead atoms. The van der Waals surface area contributed by atoms with Gasteiger partial charge in [0, 0.05) is 19.2 Å². The van der Waals surface area contributed by atoms with Crippen molar-refractivity contribution in [3.05, 3.63) is 0 Å². The molecule has 2 aliphatic heterocycles. The van der Waals surface area contributed by atoms with Crippen LogP contribution in [0.15, 0.2) is 0 Å². The van der Waals surface area contributed by atoms with Crippen LogP contribution in [0.3, 0.4) is 0 Å². The lowest BCUT2D eigenvalue weighted by Gasteiger charge is -2.32. The maximum Gasteiger partial charge on any atom is 0.0821 e. The molecule has 0 amide bonds. The Morgan fingerprint density at radius 3 is 2.91 bits per heavy atom. The van der Waals surface area contributed by atoms with E-state index in [0.717, 1.165) is 13.2 Å². The zero-order chi connectivity index (χ0) is 7.73. The van der Waals surface area contributed by atoms with Gasteiger partial charge in [-0.3, -0.25) is 0 Å². The van der Waals surface area contributed by atoms with Crippen molar-refractivity contribution in [1.82, 2.24) is 5.32 Å². The average Bonchev–Trinajstić information content (AvgIpc) is 2.34. The van der Waals surface area contributed by atoms with Gasteiger partial charge in [-0.25, -0.2) is 0 Å². The lowest BCUT2D eigenvalue weighted by atomic mass is 9.91. The van der Waals surface area contributed by atoms with E-state index in [4.69, 9.17) is 4.74 Å². The van der Waals surface area contributed by atoms with Gasteiger partial charge in [-0.05, 0) is 32.6 Å². The van der Waals surface area contributed by atoms with Crippen LogP contribution in [0, 0.1) is 0 Å². The lowest BCUT2D eigenvalue weighted by molar-refractivity contribution is -0.0646. The third-order valence-electron chi connectivity index (χ3n) is 2.89. The zero-order valence-corrected chi connectivity index (χ0v) is 7.23. The fourth-order valence-corrected chi connectivity index (χ4v) is 2.27. The van der Waals surface area contributed by atoms with E-state index in [1.54, 1.807) is 0 Å². The van der Waals surface area contributed by atoms with E-state index in [0.29, 0.717) is 6.04 Å². The molecule has 2 fully saturated rings. The van der Waals surface area contributed by atoms with Gasteiger partial charge in [0.15, 0.2) is 0 Å². The van der Waals surface area contributed by atoms with Crippen molar-refractivity contribution < 1.29 is 4.74 Å². The first kappa shape index (κ1) is 7.56. The van der Waals surface area contributed by atoms with Gasteiger partial charge >= 0.3 is 0 Å². The summed E-state index contributed by atoms with van der Waals surface area (Å²) in [4.78, 5) is 0. The molecule has 11 heavy (non-hydrogen) atoms. The van der Waals surface area contributed by atoms with E-state index in [2.05, 4.69) is 12.2 Å². The van der Waals surface area contributed by atoms with Crippen LogP contribution in [0.25, 0.3) is 0 Å². The molecule has 2 unspecified atom stereocenters. The molecule has 0 radical (unpaired) electrons. The number of hydrogen-bond donors (Lipinski definition) is 1. The van der Waals surface area contributed by atoms with Gasteiger partial charge in [0.1, 0.15) is 0 Å². The van der Waals surface area contributed by atoms with Crippen molar-refractivity contribution in [3.8, 4) is 0 Å². The topological polar surface area (TPSA) is 21.3 Å². The highest BCUT2D eigenvalue weighted by Gasteiger charge is 2.39. The van der Waals surface area contributed by atoms with Crippen LogP contribution in [-0.2, 0) is 4.74 Å². The maximum absolute atomic E-state index is 5.83. The molecule has 0 aromatic heterocycles. The molecule has 0 aromatic carbocycles. The second-order valence-electron chi connectivity index (χ2n) is 3.97. The first-order valence-electron chi connectivity index (χ1n) is 4.68. The zero-order valence-electron chi connectivity index (χ0n) is 7.23. The first-order chi connectivity index (χ1) is 5.31. The SMILES string of the molecule is CC1CC2(CCCCO2)CN1. The molecule has 2 rings (SSSR count). The van der Waals surface area contributed by atoms with Crippen molar-refractivity contribution in [3.63, 3.8) is 0 Å². The molecule has 0 saturated carbocycles. The highest BCUT2D eigenvalue weighted by atomic mass is 16.5. The van der Waals surface area contributed by atoms with Gasteiger partial charge in [-0.1, -0.05) is 0 Å². The Balaban J connectivity index is 1.98. The van der Waals surface area contributed by atoms with Gasteiger partial charge in [0.05, 0.1) is 5.60 Å². The van der Waals surface area contributed by atoms with E-state index < -0.39 is 0 Å². The fraction of sp³-hybridized carbons (Fsp3) is 1.00. The van der Waals surface area contributed by atoms with Crippen LogP contribution in [0.2, 0.25) is 0 Å². The summed E-state index contributed by atoms with van der Waals surface area (Å²) in [6.07, 6.45) is 5.10. The third kappa shape index (κ3) is 1.42. The quantitative estimate of drug-likeness (QED) is 0.569. The largest absolute Gasteiger partial charge is 0.374 e. The third-order valence-corrected chi connectivity index (χ3v) is 2.89. The average molecular weight is 155 g/mol. The normalized spacial score (nSPS) is 45.0. The maximum atomic E-state index is 5.83. The van der Waals surface area contributed by atoms with Crippen LogP contribution in [-0.4, -0.2) is 24.8 Å². The van der Waals surface area contributed by atoms with Gasteiger partial charge in [0.2, 0.25) is 0 Å². The lowest BCUT2D eigenvalue weighted by Crippen LogP contribution is -2.38. The fourth-order valence-electron chi connectivity index (χ4n) is 2.27. The Kier molecular flexibility index (Phi) is 1.90. The Hall–Kier alpha value is -0.0800. The van der Waals surface area contributed by atoms with Crippen LogP contribution in [0.1, 0.15) is 32.6 Å². The van der Waals surface area contributed by atoms with Crippen molar-refractivity contribution in [2.75, 3.05) is 13.2 Å². The first-order valence-corrected chi connectivity index (χ1v) is 4.68. The molecule has 2 heterocycles. The monoisotopic (exact) mass is 155 g/mol. The minimum atomic E-state index is 0.234. The number of nitrogens with one attached hydrogen (secondary N) is 1. The van der Waals surface area contributed by atoms with Crippen molar-refractivity contribution >= 4 is 0 Å². The van der Waals surface area contributed by atoms with Gasteiger partial charge in [0.25, 0.3) is 0 Å². The molecule has 2 heteroatoms. The van der Waals surface area contributed by atoms with Crippen molar-refractivity contribution in [2.45, 2.75) is 44.2 Å². The molecule has 64 valence electrons. The smallest absolute Gasteiger partial charge is 0.0821 e. The molecular weight excluding hydrogens is 138 g/mol. The van der Waals surface area contributed by atoms with E-state index in [-0.39, 0.29) is 5.60 Å². The summed E-state index contributed by atoms with van der Waals surface area (Å²) >= 11 is 0. The highest BCUT2D eigenvalue weighted by molar-refractivity contribution is 4.95. The Morgan fingerprint density at radius 1 is 1.45 bits per heavy atom. The standard InChI is InChI=1S/C9H17NO/c1-8-6-9(7-10-8)4-2-3-5-11-9/h8,10H,2-7H2,1H3. The van der Waals surface area contributed by atoms with Crippen LogP contribution in [0.4, 0.5) is 0 Å². The van der Waals surface area contributed by atoms with Crippen LogP contribution < -0.4 is 5.32 Å². The Morgan fingerprint density at radius 2 is 2.36 bits per heavy atom. The summed E-state index contributed by atoms with van der Waals surface area (Å²) in [5.74, 6) is 0. The van der Waals surface area contributed by atoms with Gasteiger partial charge < -0.3 is 10.1 Å². The minimum Gasteiger partial charge on any atom is -0.374 e. The predicted octanol–water partition coefficient (Wildman–Crippen LogP) is 1.31. The van der Waals surface area contributed by atoms with E-state index in [1.807, 2.05) is 0 Å². The summed E-state index contributed by atoms with van der Waals surface area (Å²) in [6, 6.07) is 0.660. The summed E-state index contributed by atoms with van der Waals surface area (Å²) in [5, 5.41) is 3.46. The molecule has 0 aromatic rings. The van der Waals surface area contributed by atoms with E-state index in [1.165, 1.54) is 25.7 Å². The summed E-state index contributed by atoms with van der Waals surface area (Å²) in [7, 11) is 0. The van der Waals surface area contributed by atoms with Crippen LogP contribution >= 0.6 is 0 Å². The Labute approximate surface area is 68.3 Å². The molecule has 1 spiro atoms. The predicted molar refractivity (Wildman–Crippen MR) is 44.6 cm³/mol. The number of hydrogen-bond acceptors (Lipinski definition) is 2. The summed E-state index contributed by atoms with van der Waals surface area (Å²) in [5.41, 5.74) is 0.234. The molecule has 1 N–H and O–H groups in total. The van der Waals surface area contributed by atoms with Crippen molar-refractivity contribution in [1.29, 1.82) is 0 Å². The minimum absolute atomic E-state index is 0.234. The Bertz CT molecular complexity index is 135. The van der Waals surface area contributed by atoms with E-state index >= 15 is 0 Å². The van der Waals surface area contributed by atoms with Crippen molar-refractivity contribution in [2.24, 2.45) is 0 Å². The number of rotatable bonds is 0. The molecule has 2 nitrogen and oxygen atoms in total. The molecule has 2 saturated heterocycles. The number of ether oxygens (including phenoxy) is 1. The van der Waals surface area contributed by atoms with Crippen LogP contribution in [0.5, 0.6) is 0 Å². The second-order valence-corrected chi connectivity index (χ2v) is 3.97.